The van der Waals surface area contributed by atoms with Crippen LogP contribution in [0.5, 0.6) is 0 Å². The van der Waals surface area contributed by atoms with Crippen molar-refractivity contribution in [1.29, 1.82) is 5.26 Å². The third-order valence-corrected chi connectivity index (χ3v) is 4.75. The standard InChI is InChI=1S/C23H28N4O2/c1-23(2,3)29-22(28)27-14-12-26(13-15-27)21-11-7-10-20(19(21)16-24)25-17-18-8-5-4-6-9-18/h4-11,25H,12-15,17H2,1-3H3. The van der Waals surface area contributed by atoms with Gasteiger partial charge in [-0.2, -0.15) is 5.26 Å². The monoisotopic (exact) mass is 392 g/mol. The van der Waals surface area contributed by atoms with Crippen LogP contribution in [0.1, 0.15) is 31.9 Å². The lowest BCUT2D eigenvalue weighted by molar-refractivity contribution is 0.0240. The number of nitriles is 1. The quantitative estimate of drug-likeness (QED) is 0.843. The maximum absolute atomic E-state index is 12.3. The molecule has 0 bridgehead atoms. The van der Waals surface area contributed by atoms with Crippen LogP contribution < -0.4 is 10.2 Å². The molecule has 0 aliphatic carbocycles. The van der Waals surface area contributed by atoms with E-state index < -0.39 is 5.60 Å². The fourth-order valence-electron chi connectivity index (χ4n) is 3.32. The molecule has 6 heteroatoms. The molecule has 0 atom stereocenters. The molecule has 1 fully saturated rings. The smallest absolute Gasteiger partial charge is 0.410 e. The molecule has 29 heavy (non-hydrogen) atoms. The van der Waals surface area contributed by atoms with E-state index in [2.05, 4.69) is 28.4 Å². The third kappa shape index (κ3) is 5.41. The normalized spacial score (nSPS) is 14.3. The van der Waals surface area contributed by atoms with Crippen LogP contribution in [0.4, 0.5) is 16.2 Å². The predicted octanol–water partition coefficient (Wildman–Crippen LogP) is 4.23. The van der Waals surface area contributed by atoms with E-state index >= 15 is 0 Å². The molecule has 0 aromatic heterocycles. The van der Waals surface area contributed by atoms with Gasteiger partial charge in [0.15, 0.2) is 0 Å². The molecule has 1 heterocycles. The maximum Gasteiger partial charge on any atom is 0.410 e. The maximum atomic E-state index is 12.3. The van der Waals surface area contributed by atoms with Crippen LogP contribution in [-0.4, -0.2) is 42.8 Å². The second kappa shape index (κ2) is 8.87. The molecule has 6 nitrogen and oxygen atoms in total. The number of anilines is 2. The Hall–Kier alpha value is -3.20. The second-order valence-electron chi connectivity index (χ2n) is 8.11. The summed E-state index contributed by atoms with van der Waals surface area (Å²) in [5, 5.41) is 13.2. The number of carbonyl (C=O) groups is 1. The Labute approximate surface area is 172 Å². The molecule has 2 aromatic carbocycles. The van der Waals surface area contributed by atoms with Crippen molar-refractivity contribution in [3.63, 3.8) is 0 Å². The van der Waals surface area contributed by atoms with Crippen molar-refractivity contribution in [2.75, 3.05) is 36.4 Å². The number of ether oxygens (including phenoxy) is 1. The molecular weight excluding hydrogens is 364 g/mol. The number of hydrogen-bond acceptors (Lipinski definition) is 5. The van der Waals surface area contributed by atoms with Gasteiger partial charge in [-0.25, -0.2) is 4.79 Å². The van der Waals surface area contributed by atoms with Gasteiger partial charge in [0.25, 0.3) is 0 Å². The van der Waals surface area contributed by atoms with E-state index in [0.717, 1.165) is 16.9 Å². The fraction of sp³-hybridized carbons (Fsp3) is 0.391. The third-order valence-electron chi connectivity index (χ3n) is 4.75. The summed E-state index contributed by atoms with van der Waals surface area (Å²) in [5.74, 6) is 0. The molecule has 1 aliphatic rings. The zero-order valence-corrected chi connectivity index (χ0v) is 17.3. The van der Waals surface area contributed by atoms with E-state index in [1.54, 1.807) is 4.90 Å². The van der Waals surface area contributed by atoms with Crippen molar-refractivity contribution < 1.29 is 9.53 Å². The minimum atomic E-state index is -0.499. The van der Waals surface area contributed by atoms with Gasteiger partial charge in [0.2, 0.25) is 0 Å². The summed E-state index contributed by atoms with van der Waals surface area (Å²) < 4.78 is 5.46. The van der Waals surface area contributed by atoms with E-state index in [9.17, 15) is 10.1 Å². The number of nitrogens with zero attached hydrogens (tertiary/aromatic N) is 3. The summed E-state index contributed by atoms with van der Waals surface area (Å²) >= 11 is 0. The minimum absolute atomic E-state index is 0.282. The lowest BCUT2D eigenvalue weighted by atomic mass is 10.1. The van der Waals surface area contributed by atoms with Gasteiger partial charge < -0.3 is 19.9 Å². The second-order valence-corrected chi connectivity index (χ2v) is 8.11. The molecule has 3 rings (SSSR count). The van der Waals surface area contributed by atoms with Crippen LogP contribution in [0.25, 0.3) is 0 Å². The summed E-state index contributed by atoms with van der Waals surface area (Å²) in [7, 11) is 0. The Kier molecular flexibility index (Phi) is 6.28. The molecule has 0 radical (unpaired) electrons. The Bertz CT molecular complexity index is 876. The first kappa shape index (κ1) is 20.5. The largest absolute Gasteiger partial charge is 0.444 e. The van der Waals surface area contributed by atoms with Gasteiger partial charge in [-0.1, -0.05) is 36.4 Å². The van der Waals surface area contributed by atoms with Crippen molar-refractivity contribution in [2.45, 2.75) is 32.9 Å². The lowest BCUT2D eigenvalue weighted by Crippen LogP contribution is -2.50. The van der Waals surface area contributed by atoms with Crippen LogP contribution in [0.15, 0.2) is 48.5 Å². The molecule has 0 saturated carbocycles. The number of rotatable bonds is 4. The molecule has 1 N–H and O–H groups in total. The average Bonchev–Trinajstić information content (AvgIpc) is 2.71. The van der Waals surface area contributed by atoms with Crippen LogP contribution in [-0.2, 0) is 11.3 Å². The fourth-order valence-corrected chi connectivity index (χ4v) is 3.32. The van der Waals surface area contributed by atoms with Gasteiger partial charge in [0.05, 0.1) is 16.9 Å². The number of piperazine rings is 1. The van der Waals surface area contributed by atoms with Crippen molar-refractivity contribution in [2.24, 2.45) is 0 Å². The van der Waals surface area contributed by atoms with Crippen molar-refractivity contribution in [3.05, 3.63) is 59.7 Å². The summed E-state index contributed by atoms with van der Waals surface area (Å²) in [6.07, 6.45) is -0.282. The number of amides is 1. The van der Waals surface area contributed by atoms with E-state index in [1.807, 2.05) is 57.2 Å². The molecule has 2 aromatic rings. The van der Waals surface area contributed by atoms with Gasteiger partial charge in [-0.05, 0) is 38.5 Å². The molecular formula is C23H28N4O2. The van der Waals surface area contributed by atoms with Crippen LogP contribution in [0.2, 0.25) is 0 Å². The average molecular weight is 393 g/mol. The molecule has 1 amide bonds. The van der Waals surface area contributed by atoms with E-state index in [4.69, 9.17) is 4.74 Å². The van der Waals surface area contributed by atoms with E-state index in [-0.39, 0.29) is 6.09 Å². The Morgan fingerprint density at radius 3 is 2.38 bits per heavy atom. The first-order valence-electron chi connectivity index (χ1n) is 9.91. The van der Waals surface area contributed by atoms with Gasteiger partial charge >= 0.3 is 6.09 Å². The summed E-state index contributed by atoms with van der Waals surface area (Å²) in [6.45, 7) is 8.73. The van der Waals surface area contributed by atoms with Crippen molar-refractivity contribution in [3.8, 4) is 6.07 Å². The van der Waals surface area contributed by atoms with E-state index in [1.165, 1.54) is 0 Å². The summed E-state index contributed by atoms with van der Waals surface area (Å²) in [5.41, 5.74) is 3.01. The van der Waals surface area contributed by atoms with Gasteiger partial charge in [0.1, 0.15) is 11.7 Å². The first-order valence-corrected chi connectivity index (χ1v) is 9.91. The highest BCUT2D eigenvalue weighted by Crippen LogP contribution is 2.28. The number of benzene rings is 2. The zero-order chi connectivity index (χ0) is 20.9. The number of carbonyl (C=O) groups excluding carboxylic acids is 1. The lowest BCUT2D eigenvalue weighted by Gasteiger charge is -2.37. The highest BCUT2D eigenvalue weighted by atomic mass is 16.6. The predicted molar refractivity (Wildman–Crippen MR) is 115 cm³/mol. The number of nitrogens with one attached hydrogen (secondary N) is 1. The Morgan fingerprint density at radius 1 is 1.07 bits per heavy atom. The SMILES string of the molecule is CC(C)(C)OC(=O)N1CCN(c2cccc(NCc3ccccc3)c2C#N)CC1. The topological polar surface area (TPSA) is 68.6 Å². The Morgan fingerprint density at radius 2 is 1.76 bits per heavy atom. The molecule has 152 valence electrons. The highest BCUT2D eigenvalue weighted by Gasteiger charge is 2.27. The number of hydrogen-bond donors (Lipinski definition) is 1. The van der Waals surface area contributed by atoms with Crippen molar-refractivity contribution in [1.82, 2.24) is 4.90 Å². The van der Waals surface area contributed by atoms with Crippen LogP contribution in [0, 0.1) is 11.3 Å². The summed E-state index contributed by atoms with van der Waals surface area (Å²) in [6, 6.07) is 18.3. The van der Waals surface area contributed by atoms with Gasteiger partial charge in [-0.15, -0.1) is 0 Å². The van der Waals surface area contributed by atoms with Crippen LogP contribution in [0.3, 0.4) is 0 Å². The molecule has 1 saturated heterocycles. The Balaban J connectivity index is 1.67. The molecule has 1 aliphatic heterocycles. The van der Waals surface area contributed by atoms with Crippen LogP contribution >= 0.6 is 0 Å². The molecule has 0 unspecified atom stereocenters. The van der Waals surface area contributed by atoms with Gasteiger partial charge in [0, 0.05) is 32.7 Å². The molecule has 0 spiro atoms. The summed E-state index contributed by atoms with van der Waals surface area (Å²) in [4.78, 5) is 16.2. The first-order chi connectivity index (χ1) is 13.9. The minimum Gasteiger partial charge on any atom is -0.444 e. The van der Waals surface area contributed by atoms with E-state index in [0.29, 0.717) is 38.3 Å². The highest BCUT2D eigenvalue weighted by molar-refractivity contribution is 5.73. The zero-order valence-electron chi connectivity index (χ0n) is 17.3. The van der Waals surface area contributed by atoms with Gasteiger partial charge in [-0.3, -0.25) is 0 Å². The van der Waals surface area contributed by atoms with Crippen molar-refractivity contribution >= 4 is 17.5 Å².